The normalized spacial score (nSPS) is 12.2. The number of carbonyl (C=O) groups is 2. The SMILES string of the molecule is CC(C)C(=O)NCCCCC(C)C(=O)NCCNCCN. The molecule has 0 heterocycles. The summed E-state index contributed by atoms with van der Waals surface area (Å²) in [5.41, 5.74) is 5.36. The third-order valence-corrected chi connectivity index (χ3v) is 3.26. The first-order valence-corrected chi connectivity index (χ1v) is 7.95. The second-order valence-corrected chi connectivity index (χ2v) is 5.67. The van der Waals surface area contributed by atoms with Crippen molar-refractivity contribution in [2.45, 2.75) is 40.0 Å². The lowest BCUT2D eigenvalue weighted by Crippen LogP contribution is -2.36. The van der Waals surface area contributed by atoms with Crippen LogP contribution in [0.5, 0.6) is 0 Å². The van der Waals surface area contributed by atoms with Gasteiger partial charge in [-0.15, -0.1) is 0 Å². The average Bonchev–Trinajstić information content (AvgIpc) is 2.45. The van der Waals surface area contributed by atoms with Gasteiger partial charge in [-0.3, -0.25) is 9.59 Å². The number of hydrogen-bond acceptors (Lipinski definition) is 4. The number of hydrogen-bond donors (Lipinski definition) is 4. The number of nitrogens with one attached hydrogen (secondary N) is 3. The van der Waals surface area contributed by atoms with Crippen molar-refractivity contribution in [1.82, 2.24) is 16.0 Å². The lowest BCUT2D eigenvalue weighted by Gasteiger charge is -2.13. The van der Waals surface area contributed by atoms with Crippen molar-refractivity contribution in [2.75, 3.05) is 32.7 Å². The van der Waals surface area contributed by atoms with Crippen LogP contribution >= 0.6 is 0 Å². The molecule has 6 nitrogen and oxygen atoms in total. The fourth-order valence-electron chi connectivity index (χ4n) is 1.80. The highest BCUT2D eigenvalue weighted by molar-refractivity contribution is 5.78. The lowest BCUT2D eigenvalue weighted by molar-refractivity contribution is -0.125. The maximum atomic E-state index is 11.8. The summed E-state index contributed by atoms with van der Waals surface area (Å²) in [6.45, 7) is 9.15. The van der Waals surface area contributed by atoms with Crippen LogP contribution in [-0.4, -0.2) is 44.5 Å². The van der Waals surface area contributed by atoms with E-state index in [1.807, 2.05) is 20.8 Å². The quantitative estimate of drug-likeness (QED) is 0.388. The van der Waals surface area contributed by atoms with Crippen LogP contribution in [0, 0.1) is 11.8 Å². The zero-order chi connectivity index (χ0) is 16.1. The molecule has 21 heavy (non-hydrogen) atoms. The molecule has 0 aromatic carbocycles. The van der Waals surface area contributed by atoms with E-state index in [4.69, 9.17) is 5.73 Å². The molecule has 0 saturated carbocycles. The molecule has 0 aromatic rings. The highest BCUT2D eigenvalue weighted by atomic mass is 16.2. The molecule has 124 valence electrons. The van der Waals surface area contributed by atoms with Gasteiger partial charge in [0.05, 0.1) is 0 Å². The molecule has 0 bridgehead atoms. The highest BCUT2D eigenvalue weighted by Crippen LogP contribution is 2.07. The summed E-state index contributed by atoms with van der Waals surface area (Å²) in [5, 5.41) is 8.91. The summed E-state index contributed by atoms with van der Waals surface area (Å²) >= 11 is 0. The average molecular weight is 300 g/mol. The van der Waals surface area contributed by atoms with Crippen molar-refractivity contribution in [3.63, 3.8) is 0 Å². The van der Waals surface area contributed by atoms with Crippen LogP contribution in [-0.2, 0) is 9.59 Å². The second kappa shape index (κ2) is 12.6. The molecule has 0 aliphatic carbocycles. The number of rotatable bonds is 12. The van der Waals surface area contributed by atoms with Crippen molar-refractivity contribution >= 4 is 11.8 Å². The van der Waals surface area contributed by atoms with E-state index in [0.717, 1.165) is 32.4 Å². The highest BCUT2D eigenvalue weighted by Gasteiger charge is 2.11. The standard InChI is InChI=1S/C15H32N4O2/c1-12(2)14(20)18-8-5-4-6-13(3)15(21)19-11-10-17-9-7-16/h12-13,17H,4-11,16H2,1-3H3,(H,18,20)(H,19,21). The Morgan fingerprint density at radius 1 is 0.905 bits per heavy atom. The Balaban J connectivity index is 3.53. The monoisotopic (exact) mass is 300 g/mol. The van der Waals surface area contributed by atoms with Gasteiger partial charge >= 0.3 is 0 Å². The van der Waals surface area contributed by atoms with Gasteiger partial charge in [0.2, 0.25) is 11.8 Å². The van der Waals surface area contributed by atoms with Crippen LogP contribution in [0.25, 0.3) is 0 Å². The zero-order valence-electron chi connectivity index (χ0n) is 13.7. The van der Waals surface area contributed by atoms with E-state index < -0.39 is 0 Å². The summed E-state index contributed by atoms with van der Waals surface area (Å²) in [4.78, 5) is 23.2. The van der Waals surface area contributed by atoms with Crippen molar-refractivity contribution in [2.24, 2.45) is 17.6 Å². The van der Waals surface area contributed by atoms with Gasteiger partial charge in [0, 0.05) is 44.6 Å². The van der Waals surface area contributed by atoms with E-state index in [9.17, 15) is 9.59 Å². The summed E-state index contributed by atoms with van der Waals surface area (Å²) in [7, 11) is 0. The molecule has 0 fully saturated rings. The molecule has 6 heteroatoms. The third kappa shape index (κ3) is 11.2. The molecule has 0 radical (unpaired) electrons. The molecular weight excluding hydrogens is 268 g/mol. The number of unbranched alkanes of at least 4 members (excludes halogenated alkanes) is 1. The van der Waals surface area contributed by atoms with Crippen LogP contribution in [0.2, 0.25) is 0 Å². The van der Waals surface area contributed by atoms with Crippen molar-refractivity contribution in [1.29, 1.82) is 0 Å². The van der Waals surface area contributed by atoms with Gasteiger partial charge in [-0.1, -0.05) is 27.2 Å². The number of amides is 2. The first-order chi connectivity index (χ1) is 9.99. The molecule has 0 spiro atoms. The predicted molar refractivity (Wildman–Crippen MR) is 85.8 cm³/mol. The van der Waals surface area contributed by atoms with Crippen LogP contribution in [0.3, 0.4) is 0 Å². The van der Waals surface area contributed by atoms with Gasteiger partial charge in [0.25, 0.3) is 0 Å². The lowest BCUT2D eigenvalue weighted by atomic mass is 10.0. The van der Waals surface area contributed by atoms with Crippen molar-refractivity contribution in [3.8, 4) is 0 Å². The van der Waals surface area contributed by atoms with Crippen molar-refractivity contribution in [3.05, 3.63) is 0 Å². The maximum Gasteiger partial charge on any atom is 0.222 e. The Morgan fingerprint density at radius 3 is 2.19 bits per heavy atom. The van der Waals surface area contributed by atoms with E-state index in [1.54, 1.807) is 0 Å². The third-order valence-electron chi connectivity index (χ3n) is 3.26. The molecule has 0 saturated heterocycles. The Morgan fingerprint density at radius 2 is 1.57 bits per heavy atom. The van der Waals surface area contributed by atoms with Gasteiger partial charge in [-0.2, -0.15) is 0 Å². The first kappa shape index (κ1) is 19.9. The topological polar surface area (TPSA) is 96.2 Å². The van der Waals surface area contributed by atoms with Gasteiger partial charge in [-0.25, -0.2) is 0 Å². The molecular formula is C15H32N4O2. The molecule has 0 aliphatic rings. The van der Waals surface area contributed by atoms with Gasteiger partial charge in [0.1, 0.15) is 0 Å². The summed E-state index contributed by atoms with van der Waals surface area (Å²) in [5.74, 6) is 0.226. The van der Waals surface area contributed by atoms with E-state index in [-0.39, 0.29) is 23.7 Å². The predicted octanol–water partition coefficient (Wildman–Crippen LogP) is 0.230. The smallest absolute Gasteiger partial charge is 0.222 e. The molecule has 2 amide bonds. The van der Waals surface area contributed by atoms with E-state index in [1.165, 1.54) is 0 Å². The fraction of sp³-hybridized carbons (Fsp3) is 0.867. The Hall–Kier alpha value is -1.14. The largest absolute Gasteiger partial charge is 0.356 e. The fourth-order valence-corrected chi connectivity index (χ4v) is 1.80. The first-order valence-electron chi connectivity index (χ1n) is 7.95. The summed E-state index contributed by atoms with van der Waals surface area (Å²) in [6.07, 6.45) is 2.70. The molecule has 5 N–H and O–H groups in total. The molecule has 0 rings (SSSR count). The Labute approximate surface area is 128 Å². The van der Waals surface area contributed by atoms with Gasteiger partial charge in [-0.05, 0) is 12.8 Å². The van der Waals surface area contributed by atoms with Crippen LogP contribution < -0.4 is 21.7 Å². The van der Waals surface area contributed by atoms with Crippen molar-refractivity contribution < 1.29 is 9.59 Å². The molecule has 0 aromatic heterocycles. The van der Waals surface area contributed by atoms with E-state index in [2.05, 4.69) is 16.0 Å². The number of carbonyl (C=O) groups excluding carboxylic acids is 2. The Bertz CT molecular complexity index is 295. The van der Waals surface area contributed by atoms with Gasteiger partial charge in [0.15, 0.2) is 0 Å². The summed E-state index contributed by atoms with van der Waals surface area (Å²) in [6, 6.07) is 0. The minimum absolute atomic E-state index is 0.0142. The van der Waals surface area contributed by atoms with Gasteiger partial charge < -0.3 is 21.7 Å². The summed E-state index contributed by atoms with van der Waals surface area (Å²) < 4.78 is 0. The van der Waals surface area contributed by atoms with Crippen LogP contribution in [0.1, 0.15) is 40.0 Å². The minimum atomic E-state index is 0.0142. The zero-order valence-corrected chi connectivity index (χ0v) is 13.7. The van der Waals surface area contributed by atoms with Crippen LogP contribution in [0.15, 0.2) is 0 Å². The maximum absolute atomic E-state index is 11.8. The molecule has 1 unspecified atom stereocenters. The molecule has 0 aliphatic heterocycles. The Kier molecular flexibility index (Phi) is 11.9. The number of nitrogens with two attached hydrogens (primary N) is 1. The minimum Gasteiger partial charge on any atom is -0.356 e. The van der Waals surface area contributed by atoms with Crippen LogP contribution in [0.4, 0.5) is 0 Å². The molecule has 1 atom stereocenters. The van der Waals surface area contributed by atoms with E-state index in [0.29, 0.717) is 19.6 Å². The van der Waals surface area contributed by atoms with E-state index >= 15 is 0 Å². The second-order valence-electron chi connectivity index (χ2n) is 5.67.